The molecule has 0 aliphatic carbocycles. The first-order valence-corrected chi connectivity index (χ1v) is 4.27. The van der Waals surface area contributed by atoms with Crippen molar-refractivity contribution in [1.29, 1.82) is 0 Å². The molecular weight excluding hydrogens is 198 g/mol. The standard InChI is InChI=1S/C9H7NO3.CH4O/c11-9(12)5-7-6-3-1-2-4-8(6)13-10-7;1-2/h1-4H,5H2,(H,11,12);2H,1H3. The van der Waals surface area contributed by atoms with Crippen LogP contribution < -0.4 is 0 Å². The van der Waals surface area contributed by atoms with Crippen molar-refractivity contribution < 1.29 is 19.5 Å². The van der Waals surface area contributed by atoms with Crippen molar-refractivity contribution in [1.82, 2.24) is 5.16 Å². The summed E-state index contributed by atoms with van der Waals surface area (Å²) in [5, 5.41) is 20.0. The number of benzene rings is 1. The Morgan fingerprint density at radius 1 is 1.40 bits per heavy atom. The van der Waals surface area contributed by atoms with Crippen LogP contribution in [0.4, 0.5) is 0 Å². The van der Waals surface area contributed by atoms with Crippen LogP contribution in [0.3, 0.4) is 0 Å². The van der Waals surface area contributed by atoms with Gasteiger partial charge >= 0.3 is 5.97 Å². The van der Waals surface area contributed by atoms with Gasteiger partial charge in [0.2, 0.25) is 0 Å². The molecule has 2 rings (SSSR count). The number of aliphatic carboxylic acids is 1. The largest absolute Gasteiger partial charge is 0.481 e. The topological polar surface area (TPSA) is 83.6 Å². The van der Waals surface area contributed by atoms with E-state index in [4.69, 9.17) is 14.7 Å². The molecule has 0 radical (unpaired) electrons. The summed E-state index contributed by atoms with van der Waals surface area (Å²) < 4.78 is 4.94. The highest BCUT2D eigenvalue weighted by molar-refractivity contribution is 5.83. The normalized spacial score (nSPS) is 9.47. The Balaban J connectivity index is 0.000000531. The maximum atomic E-state index is 10.4. The number of carbonyl (C=O) groups is 1. The van der Waals surface area contributed by atoms with Crippen molar-refractivity contribution in [2.45, 2.75) is 6.42 Å². The second kappa shape index (κ2) is 5.11. The van der Waals surface area contributed by atoms with Gasteiger partial charge in [-0.3, -0.25) is 4.79 Å². The lowest BCUT2D eigenvalue weighted by molar-refractivity contribution is -0.136. The number of aliphatic hydroxyl groups is 1. The zero-order valence-electron chi connectivity index (χ0n) is 8.17. The van der Waals surface area contributed by atoms with Crippen molar-refractivity contribution in [3.05, 3.63) is 30.0 Å². The van der Waals surface area contributed by atoms with Gasteiger partial charge < -0.3 is 14.7 Å². The molecule has 0 amide bonds. The van der Waals surface area contributed by atoms with Crippen molar-refractivity contribution in [3.8, 4) is 0 Å². The highest BCUT2D eigenvalue weighted by atomic mass is 16.5. The van der Waals surface area contributed by atoms with E-state index in [1.54, 1.807) is 12.1 Å². The molecule has 0 unspecified atom stereocenters. The predicted octanol–water partition coefficient (Wildman–Crippen LogP) is 1.06. The Morgan fingerprint density at radius 3 is 2.73 bits per heavy atom. The van der Waals surface area contributed by atoms with Gasteiger partial charge in [0.25, 0.3) is 0 Å². The third kappa shape index (κ3) is 2.54. The molecule has 1 aromatic heterocycles. The highest BCUT2D eigenvalue weighted by Gasteiger charge is 2.09. The Kier molecular flexibility index (Phi) is 3.82. The highest BCUT2D eigenvalue weighted by Crippen LogP contribution is 2.17. The minimum Gasteiger partial charge on any atom is -0.481 e. The van der Waals surface area contributed by atoms with Crippen LogP contribution in [-0.4, -0.2) is 28.4 Å². The molecule has 0 spiro atoms. The van der Waals surface area contributed by atoms with E-state index in [2.05, 4.69) is 5.16 Å². The van der Waals surface area contributed by atoms with E-state index >= 15 is 0 Å². The minimum absolute atomic E-state index is 0.100. The predicted molar refractivity (Wildman–Crippen MR) is 53.5 cm³/mol. The van der Waals surface area contributed by atoms with E-state index in [0.29, 0.717) is 11.3 Å². The number of hydrogen-bond donors (Lipinski definition) is 2. The summed E-state index contributed by atoms with van der Waals surface area (Å²) >= 11 is 0. The van der Waals surface area contributed by atoms with Crippen molar-refractivity contribution in [2.24, 2.45) is 0 Å². The van der Waals surface area contributed by atoms with E-state index in [1.165, 1.54) is 0 Å². The molecule has 1 heterocycles. The monoisotopic (exact) mass is 209 g/mol. The first-order chi connectivity index (χ1) is 7.27. The van der Waals surface area contributed by atoms with Crippen LogP contribution in [0.5, 0.6) is 0 Å². The summed E-state index contributed by atoms with van der Waals surface area (Å²) in [5.74, 6) is -0.904. The lowest BCUT2D eigenvalue weighted by Crippen LogP contribution is -2.00. The molecule has 5 nitrogen and oxygen atoms in total. The smallest absolute Gasteiger partial charge is 0.309 e. The third-order valence-corrected chi connectivity index (χ3v) is 1.77. The number of para-hydroxylation sites is 1. The quantitative estimate of drug-likeness (QED) is 0.772. The van der Waals surface area contributed by atoms with E-state index in [-0.39, 0.29) is 6.42 Å². The molecule has 5 heteroatoms. The van der Waals surface area contributed by atoms with E-state index < -0.39 is 5.97 Å². The first kappa shape index (κ1) is 11.2. The lowest BCUT2D eigenvalue weighted by atomic mass is 10.2. The molecular formula is C10H11NO4. The van der Waals surface area contributed by atoms with Crippen LogP contribution in [-0.2, 0) is 11.2 Å². The van der Waals surface area contributed by atoms with E-state index in [1.807, 2.05) is 12.1 Å². The molecule has 0 bridgehead atoms. The number of rotatable bonds is 2. The van der Waals surface area contributed by atoms with Gasteiger partial charge in [-0.15, -0.1) is 0 Å². The summed E-state index contributed by atoms with van der Waals surface area (Å²) in [5.41, 5.74) is 1.10. The van der Waals surface area contributed by atoms with Gasteiger partial charge in [-0.2, -0.15) is 0 Å². The van der Waals surface area contributed by atoms with Crippen LogP contribution in [0, 0.1) is 0 Å². The number of carboxylic acids is 1. The fraction of sp³-hybridized carbons (Fsp3) is 0.200. The molecule has 0 atom stereocenters. The van der Waals surface area contributed by atoms with Gasteiger partial charge in [0, 0.05) is 12.5 Å². The number of aliphatic hydroxyl groups excluding tert-OH is 1. The zero-order valence-corrected chi connectivity index (χ0v) is 8.17. The molecule has 2 aromatic rings. The second-order valence-corrected chi connectivity index (χ2v) is 2.70. The molecule has 80 valence electrons. The van der Waals surface area contributed by atoms with Crippen LogP contribution in [0.15, 0.2) is 28.8 Å². The van der Waals surface area contributed by atoms with Gasteiger partial charge in [-0.05, 0) is 12.1 Å². The maximum absolute atomic E-state index is 10.4. The summed E-state index contributed by atoms with van der Waals surface area (Å²) in [6.07, 6.45) is -0.100. The summed E-state index contributed by atoms with van der Waals surface area (Å²) in [7, 11) is 1.00. The molecule has 0 fully saturated rings. The number of aromatic nitrogens is 1. The number of nitrogens with zero attached hydrogens (tertiary/aromatic N) is 1. The van der Waals surface area contributed by atoms with Gasteiger partial charge in [0.1, 0.15) is 5.69 Å². The third-order valence-electron chi connectivity index (χ3n) is 1.77. The van der Waals surface area contributed by atoms with Gasteiger partial charge in [0.05, 0.1) is 6.42 Å². The molecule has 15 heavy (non-hydrogen) atoms. The van der Waals surface area contributed by atoms with Crippen LogP contribution in [0.2, 0.25) is 0 Å². The minimum atomic E-state index is -0.904. The second-order valence-electron chi connectivity index (χ2n) is 2.70. The average molecular weight is 209 g/mol. The van der Waals surface area contributed by atoms with E-state index in [9.17, 15) is 4.79 Å². The first-order valence-electron chi connectivity index (χ1n) is 4.27. The Morgan fingerprint density at radius 2 is 2.07 bits per heavy atom. The summed E-state index contributed by atoms with van der Waals surface area (Å²) in [6, 6.07) is 7.20. The van der Waals surface area contributed by atoms with E-state index in [0.717, 1.165) is 12.5 Å². The van der Waals surface area contributed by atoms with Gasteiger partial charge in [-0.1, -0.05) is 17.3 Å². The lowest BCUT2D eigenvalue weighted by Gasteiger charge is -1.88. The molecule has 0 aliphatic heterocycles. The molecule has 2 N–H and O–H groups in total. The van der Waals surface area contributed by atoms with Crippen molar-refractivity contribution >= 4 is 16.9 Å². The van der Waals surface area contributed by atoms with Crippen molar-refractivity contribution in [3.63, 3.8) is 0 Å². The SMILES string of the molecule is CO.O=C(O)Cc1noc2ccccc12. The average Bonchev–Trinajstić information content (AvgIpc) is 2.64. The molecule has 0 saturated heterocycles. The fourth-order valence-corrected chi connectivity index (χ4v) is 1.21. The summed E-state index contributed by atoms with van der Waals surface area (Å²) in [4.78, 5) is 10.4. The van der Waals surface area contributed by atoms with Crippen LogP contribution >= 0.6 is 0 Å². The Hall–Kier alpha value is -1.88. The van der Waals surface area contributed by atoms with Gasteiger partial charge in [0.15, 0.2) is 5.58 Å². The van der Waals surface area contributed by atoms with Gasteiger partial charge in [-0.25, -0.2) is 0 Å². The summed E-state index contributed by atoms with van der Waals surface area (Å²) in [6.45, 7) is 0. The molecule has 1 aromatic carbocycles. The zero-order chi connectivity index (χ0) is 11.3. The van der Waals surface area contributed by atoms with Crippen LogP contribution in [0.1, 0.15) is 5.69 Å². The fourth-order valence-electron chi connectivity index (χ4n) is 1.21. The number of hydrogen-bond acceptors (Lipinski definition) is 4. The Labute approximate surface area is 85.9 Å². The number of carboxylic acid groups (broad SMARTS) is 1. The maximum Gasteiger partial charge on any atom is 0.309 e. The van der Waals surface area contributed by atoms with Crippen LogP contribution in [0.25, 0.3) is 11.0 Å². The Bertz CT molecular complexity index is 449. The van der Waals surface area contributed by atoms with Crippen molar-refractivity contribution in [2.75, 3.05) is 7.11 Å². The molecule has 0 saturated carbocycles. The molecule has 0 aliphatic rings. The number of fused-ring (bicyclic) bond motifs is 1.